The van der Waals surface area contributed by atoms with Crippen molar-refractivity contribution >= 4 is 73.5 Å². The molecule has 6 heteroatoms. The topological polar surface area (TPSA) is 25.8 Å². The summed E-state index contributed by atoms with van der Waals surface area (Å²) in [5.74, 6) is 0. The van der Waals surface area contributed by atoms with Crippen LogP contribution in [0.3, 0.4) is 0 Å². The van der Waals surface area contributed by atoms with E-state index in [1.807, 2.05) is 12.4 Å². The summed E-state index contributed by atoms with van der Waals surface area (Å²) in [6, 6.07) is 4.42. The van der Waals surface area contributed by atoms with E-state index in [0.29, 0.717) is 0 Å². The van der Waals surface area contributed by atoms with Gasteiger partial charge in [0.15, 0.2) is 0 Å². The molecule has 0 unspecified atom stereocenters. The van der Waals surface area contributed by atoms with Gasteiger partial charge in [-0.15, -0.1) is 0 Å². The number of hydrogen-bond acceptors (Lipinski definition) is 2. The van der Waals surface area contributed by atoms with E-state index in [2.05, 4.69) is 67.8 Å². The summed E-state index contributed by atoms with van der Waals surface area (Å²) in [5.41, 5.74) is 2.55. The number of halogens is 2. The van der Waals surface area contributed by atoms with Gasteiger partial charge in [-0.1, -0.05) is 0 Å². The molecule has 2 aromatic heterocycles. The van der Waals surface area contributed by atoms with Crippen molar-refractivity contribution in [3.05, 3.63) is 44.6 Å². The van der Waals surface area contributed by atoms with Gasteiger partial charge in [-0.3, -0.25) is 0 Å². The summed E-state index contributed by atoms with van der Waals surface area (Å²) in [5, 5.41) is 0. The summed E-state index contributed by atoms with van der Waals surface area (Å²) in [6.45, 7) is 4.23. The number of hydrogen-bond donors (Lipinski definition) is 0. The molecule has 0 aliphatic heterocycles. The number of pyridine rings is 2. The number of nitrogens with zero attached hydrogens (tertiary/aromatic N) is 2. The van der Waals surface area contributed by atoms with Crippen LogP contribution >= 0.6 is 31.9 Å². The molecule has 0 atom stereocenters. The van der Waals surface area contributed by atoms with E-state index in [4.69, 9.17) is 0 Å². The molecule has 2 heterocycles. The van der Waals surface area contributed by atoms with Crippen LogP contribution in [0.25, 0.3) is 0 Å². The monoisotopic (exact) mass is 600 g/mol. The first-order valence-corrected chi connectivity index (χ1v) is 16.4. The Bertz CT molecular complexity index is 524. The van der Waals surface area contributed by atoms with E-state index in [0.717, 1.165) is 8.95 Å². The van der Waals surface area contributed by atoms with Crippen LogP contribution in [-0.2, 0) is 0 Å². The van der Waals surface area contributed by atoms with Crippen LogP contribution in [0, 0.1) is 13.8 Å². The molecule has 2 aromatic rings. The third kappa shape index (κ3) is 4.17. The number of rotatable bonds is 3. The Morgan fingerprint density at radius 1 is 0.833 bits per heavy atom. The van der Waals surface area contributed by atoms with E-state index in [-0.39, 0.29) is 34.1 Å². The Labute approximate surface area is 140 Å². The Balaban J connectivity index is 2.06. The molecule has 94 valence electrons. The Kier molecular flexibility index (Phi) is 5.94. The molecule has 0 fully saturated rings. The van der Waals surface area contributed by atoms with Crippen molar-refractivity contribution in [3.63, 3.8) is 0 Å². The van der Waals surface area contributed by atoms with Crippen LogP contribution in [-0.4, -0.2) is 44.1 Å². The number of aryl methyl sites for hydroxylation is 2. The minimum absolute atomic E-state index is 0.172. The fraction of sp³-hybridized carbons (Fsp3) is 0.167. The van der Waals surface area contributed by atoms with Gasteiger partial charge in [0.2, 0.25) is 0 Å². The normalized spacial score (nSPS) is 10.7. The Morgan fingerprint density at radius 3 is 1.56 bits per heavy atom. The molecule has 0 N–H and O–H groups in total. The van der Waals surface area contributed by atoms with Gasteiger partial charge in [0, 0.05) is 0 Å². The standard InChI is InChI=1S/C12H10Br2N2Te2/c1-7-3-11(15-5-9(7)13)17-18-12-4-8(2)10(14)6-16-12/h3-6H,1-2H3. The van der Waals surface area contributed by atoms with Gasteiger partial charge >= 0.3 is 142 Å². The Hall–Kier alpha value is 0.839. The molecule has 0 aliphatic rings. The van der Waals surface area contributed by atoms with E-state index in [1.54, 1.807) is 0 Å². The summed E-state index contributed by atoms with van der Waals surface area (Å²) in [7, 11) is 0. The molecule has 0 radical (unpaired) electrons. The van der Waals surface area contributed by atoms with Gasteiger partial charge in [0.05, 0.1) is 0 Å². The zero-order valence-corrected chi connectivity index (χ0v) is 17.6. The molecular formula is C12H10Br2N2Te2. The van der Waals surface area contributed by atoms with E-state index in [1.165, 1.54) is 18.6 Å². The van der Waals surface area contributed by atoms with E-state index in [9.17, 15) is 0 Å². The summed E-state index contributed by atoms with van der Waals surface area (Å²) < 4.78 is 4.78. The van der Waals surface area contributed by atoms with Crippen LogP contribution in [0.1, 0.15) is 11.1 Å². The summed E-state index contributed by atoms with van der Waals surface area (Å²) in [6.07, 6.45) is 3.84. The Morgan fingerprint density at radius 2 is 1.22 bits per heavy atom. The fourth-order valence-corrected chi connectivity index (χ4v) is 10.7. The van der Waals surface area contributed by atoms with Crippen molar-refractivity contribution in [2.45, 2.75) is 13.8 Å². The molecule has 0 saturated carbocycles. The van der Waals surface area contributed by atoms with Crippen molar-refractivity contribution < 1.29 is 0 Å². The predicted molar refractivity (Wildman–Crippen MR) is 84.1 cm³/mol. The maximum atomic E-state index is 4.50. The van der Waals surface area contributed by atoms with Crippen molar-refractivity contribution in [2.24, 2.45) is 0 Å². The number of aromatic nitrogens is 2. The van der Waals surface area contributed by atoms with Crippen LogP contribution in [0.4, 0.5) is 0 Å². The van der Waals surface area contributed by atoms with Gasteiger partial charge in [-0.25, -0.2) is 0 Å². The van der Waals surface area contributed by atoms with E-state index < -0.39 is 0 Å². The first-order valence-electron chi connectivity index (χ1n) is 5.15. The zero-order valence-electron chi connectivity index (χ0n) is 9.78. The third-order valence-corrected chi connectivity index (χ3v) is 14.5. The second-order valence-corrected chi connectivity index (χ2v) is 15.1. The zero-order chi connectivity index (χ0) is 13.1. The second kappa shape index (κ2) is 7.02. The van der Waals surface area contributed by atoms with E-state index >= 15 is 0 Å². The van der Waals surface area contributed by atoms with Crippen molar-refractivity contribution in [2.75, 3.05) is 0 Å². The molecule has 0 spiro atoms. The van der Waals surface area contributed by atoms with Crippen LogP contribution in [0.5, 0.6) is 0 Å². The minimum atomic E-state index is -0.172. The van der Waals surface area contributed by atoms with Crippen molar-refractivity contribution in [1.82, 2.24) is 9.97 Å². The molecule has 0 saturated heterocycles. The van der Waals surface area contributed by atoms with Gasteiger partial charge < -0.3 is 0 Å². The third-order valence-electron chi connectivity index (χ3n) is 2.26. The van der Waals surface area contributed by atoms with Gasteiger partial charge in [0.1, 0.15) is 0 Å². The van der Waals surface area contributed by atoms with Crippen molar-refractivity contribution in [1.29, 1.82) is 0 Å². The first-order chi connectivity index (χ1) is 8.56. The molecule has 0 aromatic carbocycles. The van der Waals surface area contributed by atoms with Crippen LogP contribution in [0.15, 0.2) is 33.5 Å². The maximum absolute atomic E-state index is 4.50. The molecule has 2 nitrogen and oxygen atoms in total. The van der Waals surface area contributed by atoms with Crippen molar-refractivity contribution in [3.8, 4) is 0 Å². The van der Waals surface area contributed by atoms with Crippen LogP contribution < -0.4 is 7.48 Å². The molecule has 0 amide bonds. The summed E-state index contributed by atoms with van der Waals surface area (Å²) in [4.78, 5) is 9.00. The molecule has 0 bridgehead atoms. The molecule has 2 rings (SSSR count). The predicted octanol–water partition coefficient (Wildman–Crippen LogP) is 1.89. The second-order valence-electron chi connectivity index (χ2n) is 3.71. The fourth-order valence-electron chi connectivity index (χ4n) is 1.20. The average Bonchev–Trinajstić information content (AvgIpc) is 2.35. The quantitative estimate of drug-likeness (QED) is 0.506. The SMILES string of the molecule is Cc1cc([Te][Te]c2cc(C)c(Br)cn2)ncc1Br. The molecule has 18 heavy (non-hydrogen) atoms. The average molecular weight is 597 g/mol. The first kappa shape index (κ1) is 15.2. The van der Waals surface area contributed by atoms with Gasteiger partial charge in [-0.05, 0) is 0 Å². The molecular weight excluding hydrogens is 587 g/mol. The molecule has 0 aliphatic carbocycles. The van der Waals surface area contributed by atoms with Crippen LogP contribution in [0.2, 0.25) is 0 Å². The van der Waals surface area contributed by atoms with Gasteiger partial charge in [0.25, 0.3) is 0 Å². The summed E-state index contributed by atoms with van der Waals surface area (Å²) >= 11 is 6.63. The van der Waals surface area contributed by atoms with Gasteiger partial charge in [-0.2, -0.15) is 0 Å².